The van der Waals surface area contributed by atoms with Gasteiger partial charge in [-0.2, -0.15) is 0 Å². The summed E-state index contributed by atoms with van der Waals surface area (Å²) in [5, 5.41) is 0.191. The molecule has 0 N–H and O–H groups in total. The van der Waals surface area contributed by atoms with Crippen LogP contribution in [0.25, 0.3) is 6.08 Å². The van der Waals surface area contributed by atoms with Crippen molar-refractivity contribution in [3.05, 3.63) is 100.0 Å². The molecule has 3 aromatic rings. The maximum Gasteiger partial charge on any atom is 0.363 e. The molecule has 6 nitrogen and oxygen atoms in total. The fraction of sp³-hybridized carbons (Fsp3) is 0.0800. The van der Waals surface area contributed by atoms with Gasteiger partial charge in [-0.25, -0.2) is 14.2 Å². The highest BCUT2D eigenvalue weighted by molar-refractivity contribution is 6.32. The number of Topliss-reactive ketones (excluding diaryl/α,β-unsaturated/α-hetero) is 1. The molecular formula is C25H17ClFNO5. The second kappa shape index (κ2) is 9.67. The van der Waals surface area contributed by atoms with Crippen molar-refractivity contribution in [1.29, 1.82) is 0 Å². The van der Waals surface area contributed by atoms with Gasteiger partial charge in [0, 0.05) is 11.1 Å². The van der Waals surface area contributed by atoms with Crippen LogP contribution in [0.3, 0.4) is 0 Å². The third-order valence-corrected chi connectivity index (χ3v) is 4.99. The van der Waals surface area contributed by atoms with E-state index in [4.69, 9.17) is 25.8 Å². The molecule has 0 aliphatic carbocycles. The molecular weight excluding hydrogens is 449 g/mol. The summed E-state index contributed by atoms with van der Waals surface area (Å²) >= 11 is 6.37. The van der Waals surface area contributed by atoms with Crippen molar-refractivity contribution in [2.24, 2.45) is 4.99 Å². The maximum absolute atomic E-state index is 13.1. The summed E-state index contributed by atoms with van der Waals surface area (Å²) in [5.41, 5.74) is 1.54. The smallest absolute Gasteiger partial charge is 0.363 e. The fourth-order valence-electron chi connectivity index (χ4n) is 3.09. The van der Waals surface area contributed by atoms with Gasteiger partial charge in [-0.3, -0.25) is 4.79 Å². The van der Waals surface area contributed by atoms with E-state index in [-0.39, 0.29) is 40.5 Å². The van der Waals surface area contributed by atoms with Gasteiger partial charge in [0.1, 0.15) is 5.82 Å². The van der Waals surface area contributed by atoms with E-state index in [9.17, 15) is 14.0 Å². The zero-order valence-electron chi connectivity index (χ0n) is 17.4. The quantitative estimate of drug-likeness (QED) is 0.276. The van der Waals surface area contributed by atoms with Gasteiger partial charge in [0.25, 0.3) is 0 Å². The Balaban J connectivity index is 1.56. The molecule has 1 heterocycles. The number of methoxy groups -OCH3 is 1. The topological polar surface area (TPSA) is 74.2 Å². The summed E-state index contributed by atoms with van der Waals surface area (Å²) in [7, 11) is 1.43. The largest absolute Gasteiger partial charge is 0.493 e. The molecule has 0 unspecified atom stereocenters. The predicted molar refractivity (Wildman–Crippen MR) is 121 cm³/mol. The fourth-order valence-corrected chi connectivity index (χ4v) is 3.36. The Morgan fingerprint density at radius 3 is 2.55 bits per heavy atom. The van der Waals surface area contributed by atoms with Crippen LogP contribution in [0.4, 0.5) is 4.39 Å². The molecule has 0 saturated heterocycles. The third-order valence-electron chi connectivity index (χ3n) is 4.71. The molecule has 0 aromatic heterocycles. The lowest BCUT2D eigenvalue weighted by atomic mass is 10.1. The van der Waals surface area contributed by atoms with Crippen molar-refractivity contribution in [1.82, 2.24) is 0 Å². The summed E-state index contributed by atoms with van der Waals surface area (Å²) in [6.07, 6.45) is 1.48. The molecule has 0 radical (unpaired) electrons. The number of ether oxygens (including phenoxy) is 3. The van der Waals surface area contributed by atoms with Crippen LogP contribution in [0.2, 0.25) is 5.02 Å². The van der Waals surface area contributed by atoms with Gasteiger partial charge in [0.2, 0.25) is 5.90 Å². The average molecular weight is 466 g/mol. The van der Waals surface area contributed by atoms with E-state index in [2.05, 4.69) is 4.99 Å². The molecule has 0 fully saturated rings. The number of halogens is 2. The van der Waals surface area contributed by atoms with E-state index in [1.807, 2.05) is 6.07 Å². The number of carbonyl (C=O) groups excluding carboxylic acids is 2. The number of hydrogen-bond donors (Lipinski definition) is 0. The summed E-state index contributed by atoms with van der Waals surface area (Å²) < 4.78 is 29.3. The average Bonchev–Trinajstić information content (AvgIpc) is 3.18. The first-order valence-corrected chi connectivity index (χ1v) is 10.2. The second-order valence-corrected chi connectivity index (χ2v) is 7.36. The van der Waals surface area contributed by atoms with Crippen LogP contribution in [0.5, 0.6) is 11.5 Å². The molecule has 0 amide bonds. The van der Waals surface area contributed by atoms with Crippen LogP contribution in [0, 0.1) is 5.82 Å². The highest BCUT2D eigenvalue weighted by atomic mass is 35.5. The maximum atomic E-state index is 13.1. The van der Waals surface area contributed by atoms with Gasteiger partial charge in [-0.15, -0.1) is 0 Å². The zero-order valence-corrected chi connectivity index (χ0v) is 18.1. The molecule has 8 heteroatoms. The molecule has 4 rings (SSSR count). The Morgan fingerprint density at radius 1 is 1.12 bits per heavy atom. The summed E-state index contributed by atoms with van der Waals surface area (Å²) in [6.45, 7) is -0.224. The number of rotatable bonds is 7. The minimum atomic E-state index is -0.654. The monoisotopic (exact) mass is 465 g/mol. The summed E-state index contributed by atoms with van der Waals surface area (Å²) in [4.78, 5) is 28.8. The number of hydrogen-bond acceptors (Lipinski definition) is 6. The van der Waals surface area contributed by atoms with Crippen molar-refractivity contribution in [2.45, 2.75) is 0 Å². The van der Waals surface area contributed by atoms with Crippen LogP contribution < -0.4 is 9.47 Å². The number of aliphatic imine (C=N–C) groups is 1. The third kappa shape index (κ3) is 5.10. The lowest BCUT2D eigenvalue weighted by Crippen LogP contribution is -2.12. The lowest BCUT2D eigenvalue weighted by molar-refractivity contribution is -0.129. The van der Waals surface area contributed by atoms with Crippen LogP contribution in [0.15, 0.2) is 77.4 Å². The molecule has 3 aromatic carbocycles. The summed E-state index contributed by atoms with van der Waals surface area (Å²) in [5.74, 6) is -0.716. The van der Waals surface area contributed by atoms with E-state index >= 15 is 0 Å². The van der Waals surface area contributed by atoms with Gasteiger partial charge in [0.05, 0.1) is 12.1 Å². The van der Waals surface area contributed by atoms with Crippen molar-refractivity contribution in [2.75, 3.05) is 13.7 Å². The lowest BCUT2D eigenvalue weighted by Gasteiger charge is -2.13. The van der Waals surface area contributed by atoms with E-state index in [0.29, 0.717) is 16.7 Å². The Labute approximate surface area is 193 Å². The molecule has 33 heavy (non-hydrogen) atoms. The molecule has 0 atom stereocenters. The summed E-state index contributed by atoms with van der Waals surface area (Å²) in [6, 6.07) is 17.3. The minimum Gasteiger partial charge on any atom is -0.493 e. The first-order chi connectivity index (χ1) is 15.9. The van der Waals surface area contributed by atoms with Crippen molar-refractivity contribution >= 4 is 35.3 Å². The highest BCUT2D eigenvalue weighted by Gasteiger charge is 2.24. The number of esters is 1. The number of carbonyl (C=O) groups is 2. The Kier molecular flexibility index (Phi) is 6.51. The van der Waals surface area contributed by atoms with E-state index in [0.717, 1.165) is 0 Å². The Bertz CT molecular complexity index is 1270. The van der Waals surface area contributed by atoms with Crippen molar-refractivity contribution in [3.63, 3.8) is 0 Å². The van der Waals surface area contributed by atoms with E-state index in [1.54, 1.807) is 36.4 Å². The van der Waals surface area contributed by atoms with Gasteiger partial charge in [-0.1, -0.05) is 41.9 Å². The first-order valence-electron chi connectivity index (χ1n) is 9.81. The van der Waals surface area contributed by atoms with Gasteiger partial charge in [0.15, 0.2) is 29.6 Å². The van der Waals surface area contributed by atoms with Crippen molar-refractivity contribution < 1.29 is 28.2 Å². The number of cyclic esters (lactones) is 1. The van der Waals surface area contributed by atoms with Crippen LogP contribution >= 0.6 is 11.6 Å². The van der Waals surface area contributed by atoms with Crippen molar-refractivity contribution in [3.8, 4) is 11.5 Å². The van der Waals surface area contributed by atoms with Gasteiger partial charge < -0.3 is 14.2 Å². The molecule has 0 saturated carbocycles. The normalized spacial score (nSPS) is 14.1. The van der Waals surface area contributed by atoms with Gasteiger partial charge >= 0.3 is 5.97 Å². The van der Waals surface area contributed by atoms with Crippen LogP contribution in [0.1, 0.15) is 21.5 Å². The Hall–Kier alpha value is -3.97. The number of benzene rings is 3. The van der Waals surface area contributed by atoms with Crippen LogP contribution in [-0.4, -0.2) is 31.4 Å². The zero-order chi connectivity index (χ0) is 23.4. The van der Waals surface area contributed by atoms with E-state index in [1.165, 1.54) is 37.5 Å². The first kappa shape index (κ1) is 22.2. The van der Waals surface area contributed by atoms with Gasteiger partial charge in [-0.05, 0) is 48.0 Å². The highest BCUT2D eigenvalue weighted by Crippen LogP contribution is 2.37. The standard InChI is InChI=1S/C25H17ClFNO5/c1-31-22-13-15(11-19(26)23(22)32-14-21(29)16-5-3-2-4-6-16)12-20-25(30)33-24(28-20)17-7-9-18(27)10-8-17/h2-13H,14H2,1H3/b20-12-. The molecule has 1 aliphatic heterocycles. The SMILES string of the molecule is COc1cc(/C=C2\N=C(c3ccc(F)cc3)OC2=O)cc(Cl)c1OCC(=O)c1ccccc1. The Morgan fingerprint density at radius 2 is 1.85 bits per heavy atom. The molecule has 166 valence electrons. The number of nitrogens with zero attached hydrogens (tertiary/aromatic N) is 1. The molecule has 0 bridgehead atoms. The number of ketones is 1. The molecule has 0 spiro atoms. The minimum absolute atomic E-state index is 0.0420. The molecule has 1 aliphatic rings. The second-order valence-electron chi connectivity index (χ2n) is 6.95. The van der Waals surface area contributed by atoms with Crippen LogP contribution in [-0.2, 0) is 9.53 Å². The van der Waals surface area contributed by atoms with E-state index < -0.39 is 11.8 Å². The predicted octanol–water partition coefficient (Wildman–Crippen LogP) is 5.09.